The average Bonchev–Trinajstić information content (AvgIpc) is 1.63. The Morgan fingerprint density at radius 1 is 0.409 bits per heavy atom. The van der Waals surface area contributed by atoms with E-state index in [0.29, 0.717) is 72.4 Å². The van der Waals surface area contributed by atoms with Gasteiger partial charge in [0.15, 0.2) is 10.3 Å². The molecule has 0 atom stereocenters. The number of ether oxygens (including phenoxy) is 4. The standard InChI is InChI=1S/C26H33N5O4.C20H22N4O3.C17H16N4O2S.C16H14N4O2S.C16H16N4O.C14H12N4O/c1-34-23-6-4-5-20(15-23)19-31(11-13-32)26(33)29-24-8-7-21(22-17-27-28-18-22)16-25(24)35-14-12-30-9-2-3-10-30;1-27-19-4-2-3-15(11-19)14-24(9-10-25)20(26)23-18-7-5-16(6-8-18)17-12-21-22-13-17;1-23-14-4-2-12(3-5-14)10-19-16(22)21-17-20-15(11-24-17)13-6-8-18-9-7-13;21-13-3-1-2-11(8-13)9-18-15(22)20-16-19-14(10-23-16)12-4-6-17-7-5-12;21-16(17-9-8-12-4-2-1-3-5-12)19-14-7-6-13-11-18-20-15(13)10-14;19-14(16-11-4-2-1-3-5-11)17-12-7-6-10-9-15-18-13(10)8-12/h4-8,15-18,32H,2-3,9-14,19H2,1H3,(H,27,28)(H,29,33);2-8,11-13,25H,9-10,14H2,1H3,(H,21,22)(H,23,26);2-9,11H,10H2,1H3,(H2,19,20,21,22);1-8,10,21H,9H2,(H2,18,19,20,22);1-7,10-11H,8-9H2,(H,18,20)(H2,17,19,21);1-9H,(H,15,18)(H2,16,17,19). The third-order valence-corrected chi connectivity index (χ3v) is 24.1. The van der Waals surface area contributed by atoms with Gasteiger partial charge in [-0.15, -0.1) is 22.7 Å². The van der Waals surface area contributed by atoms with E-state index in [4.69, 9.17) is 18.9 Å². The summed E-state index contributed by atoms with van der Waals surface area (Å²) < 4.78 is 21.8. The van der Waals surface area contributed by atoms with Gasteiger partial charge in [-0.2, -0.15) is 20.4 Å². The number of benzene rings is 10. The quantitative estimate of drug-likeness (QED) is 0.0182. The summed E-state index contributed by atoms with van der Waals surface area (Å²) in [6.07, 6.45) is 20.7. The Balaban J connectivity index is 0.000000142. The number of amides is 12. The van der Waals surface area contributed by atoms with Crippen LogP contribution in [0.3, 0.4) is 0 Å². The number of rotatable bonds is 33. The molecule has 0 unspecified atom stereocenters. The summed E-state index contributed by atoms with van der Waals surface area (Å²) in [6.45, 7) is 5.80. The number of aromatic hydroxyl groups is 1. The van der Waals surface area contributed by atoms with Crippen molar-refractivity contribution in [2.75, 3.05) is 118 Å². The van der Waals surface area contributed by atoms with Crippen molar-refractivity contribution >= 4 is 119 Å². The number of hydrogen-bond acceptors (Lipinski definition) is 24. The fourth-order valence-corrected chi connectivity index (χ4v) is 16.3. The number of para-hydroxylation sites is 1. The van der Waals surface area contributed by atoms with E-state index in [1.807, 2.05) is 266 Å². The molecule has 0 radical (unpaired) electrons. The summed E-state index contributed by atoms with van der Waals surface area (Å²) in [4.78, 5) is 95.5. The molecule has 19 rings (SSSR count). The van der Waals surface area contributed by atoms with E-state index >= 15 is 0 Å². The molecule has 10 aromatic carbocycles. The van der Waals surface area contributed by atoms with Crippen LogP contribution in [0.15, 0.2) is 334 Å². The summed E-state index contributed by atoms with van der Waals surface area (Å²) in [5.41, 5.74) is 17.5. The minimum Gasteiger partial charge on any atom is -0.508 e. The van der Waals surface area contributed by atoms with Gasteiger partial charge in [0, 0.05) is 156 Å². The van der Waals surface area contributed by atoms with Gasteiger partial charge >= 0.3 is 36.2 Å². The Hall–Kier alpha value is -18.4. The van der Waals surface area contributed by atoms with Crippen LogP contribution in [0.1, 0.15) is 40.7 Å². The highest BCUT2D eigenvalue weighted by atomic mass is 32.1. The second-order valence-electron chi connectivity index (χ2n) is 33.1. The van der Waals surface area contributed by atoms with Gasteiger partial charge in [0.1, 0.15) is 35.4 Å². The van der Waals surface area contributed by atoms with Gasteiger partial charge in [0.2, 0.25) is 0 Å². The van der Waals surface area contributed by atoms with Crippen LogP contribution >= 0.6 is 22.7 Å². The lowest BCUT2D eigenvalue weighted by Crippen LogP contribution is -2.36. The smallest absolute Gasteiger partial charge is 0.323 e. The molecular weight excluding hydrogens is 1930 g/mol. The Morgan fingerprint density at radius 2 is 0.893 bits per heavy atom. The lowest BCUT2D eigenvalue weighted by Gasteiger charge is -2.24. The van der Waals surface area contributed by atoms with Crippen LogP contribution in [-0.2, 0) is 32.6 Å². The number of methoxy groups -OCH3 is 3. The van der Waals surface area contributed by atoms with Crippen molar-refractivity contribution in [3.05, 3.63) is 361 Å². The fourth-order valence-electron chi connectivity index (χ4n) is 14.9. The Kier molecular flexibility index (Phi) is 40.4. The number of aromatic nitrogens is 12. The highest BCUT2D eigenvalue weighted by Gasteiger charge is 2.22. The lowest BCUT2D eigenvalue weighted by molar-refractivity contribution is 0.185. The van der Waals surface area contributed by atoms with Crippen LogP contribution in [0.5, 0.6) is 28.7 Å². The van der Waals surface area contributed by atoms with Crippen LogP contribution in [0.25, 0.3) is 66.6 Å². The number of fused-ring (bicyclic) bond motifs is 2. The van der Waals surface area contributed by atoms with Gasteiger partial charge in [-0.05, 0) is 217 Å². The van der Waals surface area contributed by atoms with Gasteiger partial charge in [0.05, 0.1) is 87.4 Å². The molecule has 1 saturated heterocycles. The molecule has 0 saturated carbocycles. The zero-order valence-electron chi connectivity index (χ0n) is 81.7. The molecule has 0 bridgehead atoms. The molecule has 1 aliphatic rings. The van der Waals surface area contributed by atoms with Crippen molar-refractivity contribution in [1.82, 2.24) is 91.4 Å². The number of hydrogen-bond donors (Lipinski definition) is 17. The van der Waals surface area contributed by atoms with Crippen LogP contribution in [0, 0.1) is 0 Å². The molecule has 18 aromatic rings. The topological polar surface area (TPSA) is 496 Å². The fraction of sp³-hybridized carbons (Fsp3) is 0.174. The molecule has 0 aliphatic carbocycles. The summed E-state index contributed by atoms with van der Waals surface area (Å²) in [6, 6.07) is 78.8. The molecule has 17 N–H and O–H groups in total. The number of aliphatic hydroxyl groups excluding tert-OH is 2. The molecule has 9 heterocycles. The number of phenolic OH excluding ortho intramolecular Hbond substituents is 1. The van der Waals surface area contributed by atoms with Crippen molar-refractivity contribution in [3.63, 3.8) is 0 Å². The molecule has 12 amide bonds. The Morgan fingerprint density at radius 3 is 1.43 bits per heavy atom. The number of urea groups is 6. The van der Waals surface area contributed by atoms with Crippen LogP contribution < -0.4 is 72.1 Å². The molecule has 149 heavy (non-hydrogen) atoms. The number of H-pyrrole nitrogens is 4. The van der Waals surface area contributed by atoms with E-state index in [1.165, 1.54) is 41.1 Å². The minimum atomic E-state index is -0.344. The first-order chi connectivity index (χ1) is 72.9. The van der Waals surface area contributed by atoms with Crippen molar-refractivity contribution in [1.29, 1.82) is 0 Å². The van der Waals surface area contributed by atoms with Gasteiger partial charge < -0.3 is 86.6 Å². The first-order valence-corrected chi connectivity index (χ1v) is 49.2. The maximum atomic E-state index is 13.2. The number of aromatic amines is 4. The SMILES string of the molecule is COc1ccc(CNC(=O)Nc2nc(-c3ccncc3)cs2)cc1.COc1cccc(CN(CCO)C(=O)Nc2ccc(-c3cn[nH]c3)cc2)c1.COc1cccc(CN(CCO)C(=O)Nc2ccc(-c3cn[nH]c3)cc2OCCN2CCCC2)c1.O=C(NCCc1ccccc1)Nc1ccc2cn[nH]c2c1.O=C(NCc1cccc(O)c1)Nc1nc(-c2ccncc2)cs1.O=C(Nc1ccccc1)Nc1ccc2cn[nH]c2c1. The number of thiazole rings is 2. The first kappa shape index (κ1) is 106. The summed E-state index contributed by atoms with van der Waals surface area (Å²) in [5, 5.41) is 90.3. The monoisotopic (exact) mass is 2040 g/mol. The van der Waals surface area contributed by atoms with Crippen molar-refractivity contribution in [3.8, 4) is 73.5 Å². The summed E-state index contributed by atoms with van der Waals surface area (Å²) in [5.74, 6) is 3.00. The molecular formula is C109H113N25O13S2. The van der Waals surface area contributed by atoms with Gasteiger partial charge in [-0.25, -0.2) is 38.7 Å². The molecule has 40 heteroatoms. The molecule has 764 valence electrons. The van der Waals surface area contributed by atoms with Crippen molar-refractivity contribution < 1.29 is 63.0 Å². The van der Waals surface area contributed by atoms with Crippen molar-refractivity contribution in [2.24, 2.45) is 0 Å². The van der Waals surface area contributed by atoms with E-state index in [2.05, 4.69) is 119 Å². The largest absolute Gasteiger partial charge is 0.508 e. The zero-order valence-corrected chi connectivity index (χ0v) is 83.4. The number of carbonyl (C=O) groups is 6. The van der Waals surface area contributed by atoms with Crippen molar-refractivity contribution in [2.45, 2.75) is 45.4 Å². The van der Waals surface area contributed by atoms with E-state index in [0.717, 1.165) is 144 Å². The highest BCUT2D eigenvalue weighted by molar-refractivity contribution is 7.14. The minimum absolute atomic E-state index is 0.114. The predicted molar refractivity (Wildman–Crippen MR) is 580 cm³/mol. The Bertz CT molecular complexity index is 7200. The summed E-state index contributed by atoms with van der Waals surface area (Å²) >= 11 is 2.73. The van der Waals surface area contributed by atoms with E-state index in [1.54, 1.807) is 98.9 Å². The zero-order chi connectivity index (χ0) is 104. The number of pyridine rings is 2. The molecule has 0 spiro atoms. The second kappa shape index (κ2) is 56.6. The predicted octanol–water partition coefficient (Wildman–Crippen LogP) is 19.6. The second-order valence-corrected chi connectivity index (χ2v) is 34.8. The van der Waals surface area contributed by atoms with Crippen LogP contribution in [0.4, 0.5) is 67.5 Å². The lowest BCUT2D eigenvalue weighted by atomic mass is 10.1. The van der Waals surface area contributed by atoms with Crippen LogP contribution in [-0.4, -0.2) is 207 Å². The number of anilines is 7. The van der Waals surface area contributed by atoms with E-state index < -0.39 is 0 Å². The van der Waals surface area contributed by atoms with Gasteiger partial charge in [0.25, 0.3) is 0 Å². The normalized spacial score (nSPS) is 11.1. The Labute approximate surface area is 866 Å². The number of nitrogens with zero attached hydrogens (tertiary/aromatic N) is 11. The van der Waals surface area contributed by atoms with E-state index in [9.17, 15) is 44.1 Å². The number of aliphatic hydroxyl groups is 2. The average molecular weight is 2050 g/mol. The molecule has 8 aromatic heterocycles. The first-order valence-electron chi connectivity index (χ1n) is 47.4. The van der Waals surface area contributed by atoms with E-state index in [-0.39, 0.29) is 68.2 Å². The molecule has 1 aliphatic heterocycles. The van der Waals surface area contributed by atoms with Gasteiger partial charge in [-0.1, -0.05) is 115 Å². The van der Waals surface area contributed by atoms with Crippen LogP contribution in [0.2, 0.25) is 0 Å². The summed E-state index contributed by atoms with van der Waals surface area (Å²) in [7, 11) is 4.83. The highest BCUT2D eigenvalue weighted by Crippen LogP contribution is 2.34. The molecule has 1 fully saturated rings. The number of phenols is 1. The number of likely N-dealkylation sites (tertiary alicyclic amines) is 1. The third kappa shape index (κ3) is 34.4. The number of nitrogens with one attached hydrogen (secondary N) is 14. The van der Waals surface area contributed by atoms with Gasteiger partial charge in [-0.3, -0.25) is 45.9 Å². The number of carbonyl (C=O) groups excluding carboxylic acids is 6. The third-order valence-electron chi connectivity index (χ3n) is 22.6. The maximum Gasteiger partial charge on any atom is 0.323 e. The molecule has 38 nitrogen and oxygen atoms in total. The maximum absolute atomic E-state index is 13.2.